The van der Waals surface area contributed by atoms with Crippen LogP contribution in [-0.4, -0.2) is 7.11 Å². The third-order valence-electron chi connectivity index (χ3n) is 6.96. The molecular weight excluding hydrogens is 323 g/mol. The van der Waals surface area contributed by atoms with Crippen LogP contribution in [0.2, 0.25) is 0 Å². The Kier molecular flexibility index (Phi) is 7.31. The highest BCUT2D eigenvalue weighted by molar-refractivity contribution is 5.27. The molecule has 0 bridgehead atoms. The van der Waals surface area contributed by atoms with Gasteiger partial charge in [-0.25, -0.2) is 4.39 Å². The molecule has 0 amide bonds. The maximum atomic E-state index is 14.2. The molecule has 1 aromatic rings. The predicted octanol–water partition coefficient (Wildman–Crippen LogP) is 7.02. The standard InChI is InChI=1S/C24H35FO/c1-3-4-5-18-6-8-19(9-7-18)20-10-12-21(13-11-20)22-14-15-23(17-26-2)24(25)16-22/h3,14-16,18-21H,1,4-13,17H2,2H3/t18-,19-,20-,21-. The second kappa shape index (κ2) is 9.69. The molecule has 1 nitrogen and oxygen atoms in total. The van der Waals surface area contributed by atoms with Crippen LogP contribution >= 0.6 is 0 Å². The van der Waals surface area contributed by atoms with Gasteiger partial charge in [0.1, 0.15) is 5.82 Å². The molecule has 2 heteroatoms. The SMILES string of the molecule is C=CCC[C@H]1CC[C@H]([C@H]2CC[C@H](c3ccc(COC)c(F)c3)CC2)CC1. The normalized spacial score (nSPS) is 29.5. The Morgan fingerprint density at radius 2 is 1.69 bits per heavy atom. The molecule has 26 heavy (non-hydrogen) atoms. The van der Waals surface area contributed by atoms with Crippen molar-refractivity contribution in [2.75, 3.05) is 7.11 Å². The number of methoxy groups -OCH3 is 1. The summed E-state index contributed by atoms with van der Waals surface area (Å²) < 4.78 is 19.3. The molecule has 3 rings (SSSR count). The fourth-order valence-corrected chi connectivity index (χ4v) is 5.32. The Labute approximate surface area is 159 Å². The fraction of sp³-hybridized carbons (Fsp3) is 0.667. The summed E-state index contributed by atoms with van der Waals surface area (Å²) in [7, 11) is 1.61. The number of ether oxygens (including phenoxy) is 1. The molecular formula is C24H35FO. The van der Waals surface area contributed by atoms with Gasteiger partial charge < -0.3 is 4.74 Å². The molecule has 0 radical (unpaired) electrons. The molecule has 144 valence electrons. The van der Waals surface area contributed by atoms with Crippen molar-refractivity contribution in [1.29, 1.82) is 0 Å². The van der Waals surface area contributed by atoms with E-state index in [1.54, 1.807) is 13.2 Å². The van der Waals surface area contributed by atoms with Crippen LogP contribution in [0.1, 0.15) is 81.3 Å². The maximum absolute atomic E-state index is 14.2. The summed E-state index contributed by atoms with van der Waals surface area (Å²) in [4.78, 5) is 0. The highest BCUT2D eigenvalue weighted by atomic mass is 19.1. The van der Waals surface area contributed by atoms with Crippen LogP contribution < -0.4 is 0 Å². The summed E-state index contributed by atoms with van der Waals surface area (Å²) in [5, 5.41) is 0. The zero-order valence-electron chi connectivity index (χ0n) is 16.4. The summed E-state index contributed by atoms with van der Waals surface area (Å²) in [6, 6.07) is 5.78. The van der Waals surface area contributed by atoms with Gasteiger partial charge in [0.2, 0.25) is 0 Å². The summed E-state index contributed by atoms with van der Waals surface area (Å²) in [6.45, 7) is 4.21. The van der Waals surface area contributed by atoms with Crippen LogP contribution in [0, 0.1) is 23.6 Å². The Morgan fingerprint density at radius 1 is 1.04 bits per heavy atom. The van der Waals surface area contributed by atoms with Gasteiger partial charge in [0, 0.05) is 12.7 Å². The van der Waals surface area contributed by atoms with Crippen molar-refractivity contribution in [3.63, 3.8) is 0 Å². The molecule has 0 aliphatic heterocycles. The molecule has 0 N–H and O–H groups in total. The van der Waals surface area contributed by atoms with Gasteiger partial charge in [-0.3, -0.25) is 0 Å². The molecule has 0 spiro atoms. The van der Waals surface area contributed by atoms with Crippen molar-refractivity contribution < 1.29 is 9.13 Å². The summed E-state index contributed by atoms with van der Waals surface area (Å²) in [6.07, 6.45) is 15.4. The third-order valence-corrected chi connectivity index (χ3v) is 6.96. The molecule has 0 atom stereocenters. The monoisotopic (exact) mass is 358 g/mol. The Bertz CT molecular complexity index is 566. The zero-order chi connectivity index (χ0) is 18.4. The Balaban J connectivity index is 1.47. The lowest BCUT2D eigenvalue weighted by Crippen LogP contribution is -2.25. The first-order valence-electron chi connectivity index (χ1n) is 10.6. The Morgan fingerprint density at radius 3 is 2.27 bits per heavy atom. The molecule has 0 heterocycles. The van der Waals surface area contributed by atoms with Gasteiger partial charge in [0.05, 0.1) is 6.61 Å². The number of hydrogen-bond donors (Lipinski definition) is 0. The third kappa shape index (κ3) is 4.97. The molecule has 2 saturated carbocycles. The van der Waals surface area contributed by atoms with E-state index < -0.39 is 0 Å². The molecule has 0 unspecified atom stereocenters. The first-order chi connectivity index (χ1) is 12.7. The summed E-state index contributed by atoms with van der Waals surface area (Å²) in [5.74, 6) is 3.22. The predicted molar refractivity (Wildman–Crippen MR) is 107 cm³/mol. The number of benzene rings is 1. The van der Waals surface area contributed by atoms with Crippen molar-refractivity contribution in [3.05, 3.63) is 47.8 Å². The van der Waals surface area contributed by atoms with Gasteiger partial charge in [0.25, 0.3) is 0 Å². The molecule has 1 aromatic carbocycles. The molecule has 2 aliphatic rings. The highest BCUT2D eigenvalue weighted by Gasteiger charge is 2.31. The minimum Gasteiger partial charge on any atom is -0.380 e. The van der Waals surface area contributed by atoms with E-state index in [1.165, 1.54) is 69.8 Å². The van der Waals surface area contributed by atoms with Crippen molar-refractivity contribution in [3.8, 4) is 0 Å². The van der Waals surface area contributed by atoms with E-state index in [4.69, 9.17) is 4.74 Å². The van der Waals surface area contributed by atoms with Crippen molar-refractivity contribution in [2.45, 2.75) is 76.7 Å². The largest absolute Gasteiger partial charge is 0.380 e. The van der Waals surface area contributed by atoms with Crippen LogP contribution in [-0.2, 0) is 11.3 Å². The highest BCUT2D eigenvalue weighted by Crippen LogP contribution is 2.44. The first kappa shape index (κ1) is 19.6. The van der Waals surface area contributed by atoms with Crippen LogP contribution in [0.3, 0.4) is 0 Å². The molecule has 0 saturated heterocycles. The van der Waals surface area contributed by atoms with Gasteiger partial charge in [-0.15, -0.1) is 6.58 Å². The van der Waals surface area contributed by atoms with E-state index in [0.717, 1.165) is 17.8 Å². The van der Waals surface area contributed by atoms with Crippen molar-refractivity contribution in [1.82, 2.24) is 0 Å². The zero-order valence-corrected chi connectivity index (χ0v) is 16.4. The van der Waals surface area contributed by atoms with Crippen molar-refractivity contribution in [2.24, 2.45) is 17.8 Å². The molecule has 2 fully saturated rings. The van der Waals surface area contributed by atoms with Crippen LogP contribution in [0.4, 0.5) is 4.39 Å². The Hall–Kier alpha value is -1.15. The lowest BCUT2D eigenvalue weighted by atomic mass is 9.68. The van der Waals surface area contributed by atoms with E-state index in [2.05, 4.69) is 18.7 Å². The quantitative estimate of drug-likeness (QED) is 0.476. The van der Waals surface area contributed by atoms with Crippen LogP contribution in [0.15, 0.2) is 30.9 Å². The van der Waals surface area contributed by atoms with Gasteiger partial charge in [-0.1, -0.05) is 31.1 Å². The summed E-state index contributed by atoms with van der Waals surface area (Å²) >= 11 is 0. The number of allylic oxidation sites excluding steroid dienone is 1. The fourth-order valence-electron chi connectivity index (χ4n) is 5.32. The van der Waals surface area contributed by atoms with E-state index in [1.807, 2.05) is 6.07 Å². The van der Waals surface area contributed by atoms with E-state index >= 15 is 0 Å². The lowest BCUT2D eigenvalue weighted by Gasteiger charge is -2.38. The van der Waals surface area contributed by atoms with Crippen LogP contribution in [0.25, 0.3) is 0 Å². The van der Waals surface area contributed by atoms with Gasteiger partial charge >= 0.3 is 0 Å². The number of rotatable bonds is 7. The van der Waals surface area contributed by atoms with E-state index in [-0.39, 0.29) is 5.82 Å². The van der Waals surface area contributed by atoms with E-state index in [0.29, 0.717) is 18.1 Å². The minimum atomic E-state index is -0.107. The topological polar surface area (TPSA) is 9.23 Å². The number of hydrogen-bond acceptors (Lipinski definition) is 1. The molecule has 0 aromatic heterocycles. The second-order valence-electron chi connectivity index (χ2n) is 8.54. The van der Waals surface area contributed by atoms with Crippen molar-refractivity contribution >= 4 is 0 Å². The average Bonchev–Trinajstić information content (AvgIpc) is 2.69. The second-order valence-corrected chi connectivity index (χ2v) is 8.54. The smallest absolute Gasteiger partial charge is 0.129 e. The van der Waals surface area contributed by atoms with Gasteiger partial charge in [0.15, 0.2) is 0 Å². The first-order valence-corrected chi connectivity index (χ1v) is 10.6. The molecule has 2 aliphatic carbocycles. The lowest BCUT2D eigenvalue weighted by molar-refractivity contribution is 0.157. The van der Waals surface area contributed by atoms with Gasteiger partial charge in [-0.2, -0.15) is 0 Å². The average molecular weight is 359 g/mol. The van der Waals surface area contributed by atoms with Crippen LogP contribution in [0.5, 0.6) is 0 Å². The summed E-state index contributed by atoms with van der Waals surface area (Å²) in [5.41, 5.74) is 1.85. The maximum Gasteiger partial charge on any atom is 0.129 e. The van der Waals surface area contributed by atoms with Gasteiger partial charge in [-0.05, 0) is 86.7 Å². The minimum absolute atomic E-state index is 0.107. The number of halogens is 1. The van der Waals surface area contributed by atoms with E-state index in [9.17, 15) is 4.39 Å².